The molecule has 0 amide bonds. The molecule has 0 unspecified atom stereocenters. The van der Waals surface area contributed by atoms with E-state index in [-0.39, 0.29) is 13.2 Å². The molecule has 1 fully saturated rings. The molecule has 0 aromatic carbocycles. The van der Waals surface area contributed by atoms with E-state index in [0.29, 0.717) is 6.61 Å². The topological polar surface area (TPSA) is 79.2 Å². The summed E-state index contributed by atoms with van der Waals surface area (Å²) in [6.07, 6.45) is 10.2. The summed E-state index contributed by atoms with van der Waals surface area (Å²) in [4.78, 5) is 0. The van der Waals surface area contributed by atoms with Crippen molar-refractivity contribution in [2.24, 2.45) is 0 Å². The average molecular weight is 330 g/mol. The minimum atomic E-state index is -1.15. The van der Waals surface area contributed by atoms with E-state index in [0.717, 1.165) is 19.3 Å². The summed E-state index contributed by atoms with van der Waals surface area (Å²) in [7, 11) is 0. The second kappa shape index (κ2) is 12.9. The molecule has 1 rings (SSSR count). The fourth-order valence-electron chi connectivity index (χ4n) is 2.59. The third-order valence-electron chi connectivity index (χ3n) is 4.19. The monoisotopic (exact) mass is 330 g/mol. The number of ether oxygens (including phenoxy) is 2. The number of unbranched alkanes of at least 4 members (excludes halogenated alkanes) is 6. The van der Waals surface area contributed by atoms with Crippen LogP contribution in [-0.4, -0.2) is 59.6 Å². The van der Waals surface area contributed by atoms with Crippen LogP contribution < -0.4 is 0 Å². The number of hydrogen-bond acceptors (Lipinski definition) is 5. The standard InChI is InChI=1S/C18H34O5/c1-2-3-4-5-6-7-8-9-10-11-12-22-14-16-18(21)17(20)15(19)13-23-16/h5-6,15-21H,2-4,7-14H2,1H3/b6-5+/t15-,16+,17+,18+/m0/s1. The van der Waals surface area contributed by atoms with E-state index in [4.69, 9.17) is 9.47 Å². The van der Waals surface area contributed by atoms with Crippen molar-refractivity contribution in [3.63, 3.8) is 0 Å². The predicted molar refractivity (Wildman–Crippen MR) is 90.3 cm³/mol. The molecular formula is C18H34O5. The summed E-state index contributed by atoms with van der Waals surface area (Å²) in [5.41, 5.74) is 0. The predicted octanol–water partition coefficient (Wildman–Crippen LogP) is 2.18. The smallest absolute Gasteiger partial charge is 0.111 e. The molecule has 4 atom stereocenters. The van der Waals surface area contributed by atoms with E-state index in [2.05, 4.69) is 19.1 Å². The molecule has 0 aliphatic carbocycles. The molecule has 23 heavy (non-hydrogen) atoms. The molecule has 136 valence electrons. The first-order valence-electron chi connectivity index (χ1n) is 9.05. The highest BCUT2D eigenvalue weighted by atomic mass is 16.6. The first-order chi connectivity index (χ1) is 11.2. The van der Waals surface area contributed by atoms with Gasteiger partial charge < -0.3 is 24.8 Å². The number of allylic oxidation sites excluding steroid dienone is 2. The van der Waals surface area contributed by atoms with Crippen LogP contribution >= 0.6 is 0 Å². The van der Waals surface area contributed by atoms with Gasteiger partial charge in [-0.1, -0.05) is 44.8 Å². The molecule has 0 aromatic rings. The van der Waals surface area contributed by atoms with Gasteiger partial charge in [0.15, 0.2) is 0 Å². The van der Waals surface area contributed by atoms with Crippen molar-refractivity contribution in [2.75, 3.05) is 19.8 Å². The van der Waals surface area contributed by atoms with Gasteiger partial charge in [-0.05, 0) is 25.7 Å². The first-order valence-corrected chi connectivity index (χ1v) is 9.05. The molecular weight excluding hydrogens is 296 g/mol. The van der Waals surface area contributed by atoms with E-state index >= 15 is 0 Å². The lowest BCUT2D eigenvalue weighted by Crippen LogP contribution is -2.54. The maximum Gasteiger partial charge on any atom is 0.111 e. The molecule has 0 bridgehead atoms. The lowest BCUT2D eigenvalue weighted by Gasteiger charge is -2.35. The zero-order valence-corrected chi connectivity index (χ0v) is 14.4. The zero-order valence-electron chi connectivity index (χ0n) is 14.4. The highest BCUT2D eigenvalue weighted by molar-refractivity contribution is 4.86. The van der Waals surface area contributed by atoms with Gasteiger partial charge in [0, 0.05) is 6.61 Å². The molecule has 1 saturated heterocycles. The lowest BCUT2D eigenvalue weighted by atomic mass is 10.0. The van der Waals surface area contributed by atoms with Crippen LogP contribution in [0.4, 0.5) is 0 Å². The van der Waals surface area contributed by atoms with Crippen molar-refractivity contribution in [1.82, 2.24) is 0 Å². The average Bonchev–Trinajstić information content (AvgIpc) is 2.55. The SMILES string of the molecule is CCCC/C=C/CCCCCCOC[C@H]1OC[C@H](O)[C@@H](O)[C@@H]1O. The Balaban J connectivity index is 1.91. The van der Waals surface area contributed by atoms with E-state index in [9.17, 15) is 15.3 Å². The Bertz CT molecular complexity index is 308. The Morgan fingerprint density at radius 1 is 0.957 bits per heavy atom. The quantitative estimate of drug-likeness (QED) is 0.377. The minimum Gasteiger partial charge on any atom is -0.388 e. The molecule has 1 heterocycles. The minimum absolute atomic E-state index is 0.0397. The summed E-state index contributed by atoms with van der Waals surface area (Å²) in [6.45, 7) is 3.14. The molecule has 1 aliphatic heterocycles. The summed E-state index contributed by atoms with van der Waals surface area (Å²) in [5, 5.41) is 28.7. The van der Waals surface area contributed by atoms with E-state index in [1.165, 1.54) is 32.1 Å². The molecule has 5 nitrogen and oxygen atoms in total. The van der Waals surface area contributed by atoms with Crippen molar-refractivity contribution in [3.05, 3.63) is 12.2 Å². The number of rotatable bonds is 12. The fourth-order valence-corrected chi connectivity index (χ4v) is 2.59. The van der Waals surface area contributed by atoms with Crippen LogP contribution in [0.1, 0.15) is 58.3 Å². The second-order valence-electron chi connectivity index (χ2n) is 6.31. The van der Waals surface area contributed by atoms with Crippen LogP contribution in [0.25, 0.3) is 0 Å². The van der Waals surface area contributed by atoms with Crippen LogP contribution in [0.3, 0.4) is 0 Å². The number of aliphatic hydroxyl groups is 3. The molecule has 3 N–H and O–H groups in total. The normalized spacial score (nSPS) is 28.5. The highest BCUT2D eigenvalue weighted by Gasteiger charge is 2.37. The molecule has 0 spiro atoms. The van der Waals surface area contributed by atoms with Gasteiger partial charge in [-0.3, -0.25) is 0 Å². The van der Waals surface area contributed by atoms with Gasteiger partial charge in [-0.2, -0.15) is 0 Å². The van der Waals surface area contributed by atoms with Gasteiger partial charge in [0.05, 0.1) is 13.2 Å². The van der Waals surface area contributed by atoms with E-state index in [1.807, 2.05) is 0 Å². The van der Waals surface area contributed by atoms with Gasteiger partial charge >= 0.3 is 0 Å². The first kappa shape index (κ1) is 20.6. The van der Waals surface area contributed by atoms with Crippen molar-refractivity contribution < 1.29 is 24.8 Å². The Kier molecular flexibility index (Phi) is 11.5. The third kappa shape index (κ3) is 8.82. The van der Waals surface area contributed by atoms with Gasteiger partial charge in [-0.15, -0.1) is 0 Å². The van der Waals surface area contributed by atoms with Crippen LogP contribution in [0.5, 0.6) is 0 Å². The number of aliphatic hydroxyl groups excluding tert-OH is 3. The molecule has 5 heteroatoms. The van der Waals surface area contributed by atoms with Crippen molar-refractivity contribution >= 4 is 0 Å². The molecule has 0 saturated carbocycles. The van der Waals surface area contributed by atoms with Crippen molar-refractivity contribution in [3.8, 4) is 0 Å². The summed E-state index contributed by atoms with van der Waals surface area (Å²) < 4.78 is 10.8. The van der Waals surface area contributed by atoms with Crippen molar-refractivity contribution in [1.29, 1.82) is 0 Å². The zero-order chi connectivity index (χ0) is 16.9. The van der Waals surface area contributed by atoms with E-state index in [1.54, 1.807) is 0 Å². The summed E-state index contributed by atoms with van der Waals surface area (Å²) in [6, 6.07) is 0. The van der Waals surface area contributed by atoms with Gasteiger partial charge in [0.1, 0.15) is 24.4 Å². The number of hydrogen-bond donors (Lipinski definition) is 3. The largest absolute Gasteiger partial charge is 0.388 e. The Hall–Kier alpha value is -0.460. The highest BCUT2D eigenvalue weighted by Crippen LogP contribution is 2.16. The Labute approximate surface area is 140 Å². The molecule has 0 radical (unpaired) electrons. The van der Waals surface area contributed by atoms with Crippen LogP contribution in [0.15, 0.2) is 12.2 Å². The molecule has 1 aliphatic rings. The second-order valence-corrected chi connectivity index (χ2v) is 6.31. The molecule has 0 aromatic heterocycles. The van der Waals surface area contributed by atoms with E-state index < -0.39 is 24.4 Å². The van der Waals surface area contributed by atoms with Gasteiger partial charge in [0.25, 0.3) is 0 Å². The lowest BCUT2D eigenvalue weighted by molar-refractivity contribution is -0.199. The maximum atomic E-state index is 9.76. The third-order valence-corrected chi connectivity index (χ3v) is 4.19. The summed E-state index contributed by atoms with van der Waals surface area (Å²) >= 11 is 0. The van der Waals surface area contributed by atoms with Gasteiger partial charge in [0.2, 0.25) is 0 Å². The van der Waals surface area contributed by atoms with Crippen molar-refractivity contribution in [2.45, 2.75) is 82.7 Å². The van der Waals surface area contributed by atoms with Crippen LogP contribution in [0.2, 0.25) is 0 Å². The maximum absolute atomic E-state index is 9.76. The van der Waals surface area contributed by atoms with Crippen LogP contribution in [-0.2, 0) is 9.47 Å². The Morgan fingerprint density at radius 2 is 1.65 bits per heavy atom. The van der Waals surface area contributed by atoms with Crippen LogP contribution in [0, 0.1) is 0 Å². The van der Waals surface area contributed by atoms with Gasteiger partial charge in [-0.25, -0.2) is 0 Å². The Morgan fingerprint density at radius 3 is 2.39 bits per heavy atom. The fraction of sp³-hybridized carbons (Fsp3) is 0.889. The summed E-state index contributed by atoms with van der Waals surface area (Å²) in [5.74, 6) is 0.